The Labute approximate surface area is 144 Å². The summed E-state index contributed by atoms with van der Waals surface area (Å²) in [7, 11) is 0. The maximum atomic E-state index is 11.8. The summed E-state index contributed by atoms with van der Waals surface area (Å²) in [6.07, 6.45) is 1.67. The molecule has 0 aromatic heterocycles. The number of benzene rings is 2. The van der Waals surface area contributed by atoms with Crippen molar-refractivity contribution in [3.8, 4) is 5.75 Å². The molecule has 1 N–H and O–H groups in total. The lowest BCUT2D eigenvalue weighted by Crippen LogP contribution is -2.24. The average Bonchev–Trinajstić information content (AvgIpc) is 2.49. The summed E-state index contributed by atoms with van der Waals surface area (Å²) >= 11 is 3.37. The van der Waals surface area contributed by atoms with Crippen molar-refractivity contribution >= 4 is 28.1 Å². The molecule has 0 aliphatic heterocycles. The third-order valence-corrected chi connectivity index (χ3v) is 3.97. The number of carbonyl (C=O) groups is 1. The van der Waals surface area contributed by atoms with Gasteiger partial charge in [-0.05, 0) is 60.0 Å². The lowest BCUT2D eigenvalue weighted by atomic mass is 10.0. The molecule has 5 heteroatoms. The number of rotatable bonds is 5. The van der Waals surface area contributed by atoms with Crippen molar-refractivity contribution in [2.45, 2.75) is 20.8 Å². The van der Waals surface area contributed by atoms with Gasteiger partial charge in [0.05, 0.1) is 10.7 Å². The molecule has 0 spiro atoms. The minimum atomic E-state index is -0.306. The predicted octanol–water partition coefficient (Wildman–Crippen LogP) is 3.90. The van der Waals surface area contributed by atoms with Gasteiger partial charge in [0.1, 0.15) is 5.75 Å². The van der Waals surface area contributed by atoms with Crippen molar-refractivity contribution in [2.75, 3.05) is 6.61 Å². The molecule has 0 heterocycles. The normalized spacial score (nSPS) is 10.8. The number of hydrogen-bond acceptors (Lipinski definition) is 3. The number of nitrogens with one attached hydrogen (secondary N) is 1. The standard InChI is InChI=1S/C18H19BrN2O2/c1-12-8-13(2)15(14(3)9-12)10-20-21-18(22)11-23-17-7-5-4-6-16(17)19/h4-10H,11H2,1-3H3,(H,21,22)/b20-10-. The molecule has 0 aliphatic rings. The monoisotopic (exact) mass is 374 g/mol. The topological polar surface area (TPSA) is 50.7 Å². The van der Waals surface area contributed by atoms with E-state index in [2.05, 4.69) is 45.5 Å². The minimum Gasteiger partial charge on any atom is -0.483 e. The number of amides is 1. The van der Waals surface area contributed by atoms with Gasteiger partial charge in [0.15, 0.2) is 6.61 Å². The average molecular weight is 375 g/mol. The van der Waals surface area contributed by atoms with Gasteiger partial charge in [0.2, 0.25) is 0 Å². The molecule has 0 bridgehead atoms. The zero-order valence-corrected chi connectivity index (χ0v) is 15.0. The number of nitrogens with zero attached hydrogens (tertiary/aromatic N) is 1. The van der Waals surface area contributed by atoms with E-state index in [1.807, 2.05) is 32.0 Å². The molecule has 4 nitrogen and oxygen atoms in total. The van der Waals surface area contributed by atoms with Crippen molar-refractivity contribution in [3.05, 3.63) is 63.1 Å². The van der Waals surface area contributed by atoms with E-state index in [4.69, 9.17) is 4.74 Å². The second-order valence-electron chi connectivity index (χ2n) is 5.32. The lowest BCUT2D eigenvalue weighted by molar-refractivity contribution is -0.123. The Bertz CT molecular complexity index is 719. The first-order chi connectivity index (χ1) is 11.0. The molecule has 120 valence electrons. The van der Waals surface area contributed by atoms with E-state index in [1.54, 1.807) is 12.3 Å². The summed E-state index contributed by atoms with van der Waals surface area (Å²) in [5.41, 5.74) is 6.97. The van der Waals surface area contributed by atoms with Crippen LogP contribution in [-0.4, -0.2) is 18.7 Å². The largest absolute Gasteiger partial charge is 0.483 e. The van der Waals surface area contributed by atoms with Crippen LogP contribution in [0.5, 0.6) is 5.75 Å². The number of halogens is 1. The van der Waals surface area contributed by atoms with Crippen molar-refractivity contribution in [2.24, 2.45) is 5.10 Å². The van der Waals surface area contributed by atoms with E-state index >= 15 is 0 Å². The second-order valence-corrected chi connectivity index (χ2v) is 6.18. The van der Waals surface area contributed by atoms with Crippen LogP contribution in [0.25, 0.3) is 0 Å². The third kappa shape index (κ3) is 4.93. The van der Waals surface area contributed by atoms with Crippen LogP contribution in [-0.2, 0) is 4.79 Å². The fourth-order valence-corrected chi connectivity index (χ4v) is 2.70. The minimum absolute atomic E-state index is 0.0915. The zero-order chi connectivity index (χ0) is 16.8. The van der Waals surface area contributed by atoms with Crippen LogP contribution < -0.4 is 10.2 Å². The molecular formula is C18H19BrN2O2. The van der Waals surface area contributed by atoms with Gasteiger partial charge in [0, 0.05) is 5.56 Å². The first kappa shape index (κ1) is 17.2. The Kier molecular flexibility index (Phi) is 5.93. The first-order valence-electron chi connectivity index (χ1n) is 7.24. The number of hydrazone groups is 1. The highest BCUT2D eigenvalue weighted by Gasteiger charge is 2.05. The summed E-state index contributed by atoms with van der Waals surface area (Å²) < 4.78 is 6.24. The fraction of sp³-hybridized carbons (Fsp3) is 0.222. The van der Waals surface area contributed by atoms with Gasteiger partial charge in [-0.1, -0.05) is 29.8 Å². The van der Waals surface area contributed by atoms with Crippen LogP contribution in [0.4, 0.5) is 0 Å². The molecule has 23 heavy (non-hydrogen) atoms. The Morgan fingerprint density at radius 3 is 2.52 bits per heavy atom. The number of aryl methyl sites for hydroxylation is 3. The smallest absolute Gasteiger partial charge is 0.277 e. The van der Waals surface area contributed by atoms with Crippen molar-refractivity contribution < 1.29 is 9.53 Å². The van der Waals surface area contributed by atoms with Gasteiger partial charge < -0.3 is 4.74 Å². The van der Waals surface area contributed by atoms with E-state index in [1.165, 1.54) is 5.56 Å². The van der Waals surface area contributed by atoms with Gasteiger partial charge in [-0.2, -0.15) is 5.10 Å². The van der Waals surface area contributed by atoms with Gasteiger partial charge in [0.25, 0.3) is 5.91 Å². The highest BCUT2D eigenvalue weighted by atomic mass is 79.9. The highest BCUT2D eigenvalue weighted by molar-refractivity contribution is 9.10. The Hall–Kier alpha value is -2.14. The molecular weight excluding hydrogens is 356 g/mol. The molecule has 0 fully saturated rings. The summed E-state index contributed by atoms with van der Waals surface area (Å²) in [6.45, 7) is 6.02. The number of ether oxygens (including phenoxy) is 1. The third-order valence-electron chi connectivity index (χ3n) is 3.32. The Balaban J connectivity index is 1.91. The molecule has 0 saturated heterocycles. The lowest BCUT2D eigenvalue weighted by Gasteiger charge is -2.08. The maximum absolute atomic E-state index is 11.8. The van der Waals surface area contributed by atoms with Crippen LogP contribution in [0.1, 0.15) is 22.3 Å². The number of hydrogen-bond donors (Lipinski definition) is 1. The van der Waals surface area contributed by atoms with Crippen molar-refractivity contribution in [1.29, 1.82) is 0 Å². The van der Waals surface area contributed by atoms with E-state index in [-0.39, 0.29) is 12.5 Å². The van der Waals surface area contributed by atoms with Crippen molar-refractivity contribution in [1.82, 2.24) is 5.43 Å². The number of para-hydroxylation sites is 1. The molecule has 2 rings (SSSR count). The number of carbonyl (C=O) groups excluding carboxylic acids is 1. The highest BCUT2D eigenvalue weighted by Crippen LogP contribution is 2.23. The van der Waals surface area contributed by atoms with Crippen LogP contribution in [0.15, 0.2) is 46.0 Å². The Morgan fingerprint density at radius 2 is 1.87 bits per heavy atom. The van der Waals surface area contributed by atoms with E-state index in [0.717, 1.165) is 21.2 Å². The zero-order valence-electron chi connectivity index (χ0n) is 13.4. The predicted molar refractivity (Wildman–Crippen MR) is 96.0 cm³/mol. The molecule has 2 aromatic carbocycles. The van der Waals surface area contributed by atoms with E-state index in [9.17, 15) is 4.79 Å². The van der Waals surface area contributed by atoms with Crippen LogP contribution in [0, 0.1) is 20.8 Å². The SMILES string of the molecule is Cc1cc(C)c(/C=N\NC(=O)COc2ccccc2Br)c(C)c1. The fourth-order valence-electron chi connectivity index (χ4n) is 2.30. The van der Waals surface area contributed by atoms with Crippen LogP contribution >= 0.6 is 15.9 Å². The Morgan fingerprint density at radius 1 is 1.22 bits per heavy atom. The van der Waals surface area contributed by atoms with Gasteiger partial charge >= 0.3 is 0 Å². The quantitative estimate of drug-likeness (QED) is 0.637. The second kappa shape index (κ2) is 7.92. The summed E-state index contributed by atoms with van der Waals surface area (Å²) in [4.78, 5) is 11.8. The summed E-state index contributed by atoms with van der Waals surface area (Å²) in [5.74, 6) is 0.316. The molecule has 2 aromatic rings. The molecule has 0 atom stereocenters. The van der Waals surface area contributed by atoms with Crippen LogP contribution in [0.3, 0.4) is 0 Å². The summed E-state index contributed by atoms with van der Waals surface area (Å²) in [6, 6.07) is 11.6. The molecule has 1 amide bonds. The van der Waals surface area contributed by atoms with Gasteiger partial charge in [-0.3, -0.25) is 4.79 Å². The molecule has 0 radical (unpaired) electrons. The van der Waals surface area contributed by atoms with Gasteiger partial charge in [-0.25, -0.2) is 5.43 Å². The van der Waals surface area contributed by atoms with Crippen LogP contribution in [0.2, 0.25) is 0 Å². The van der Waals surface area contributed by atoms with Gasteiger partial charge in [-0.15, -0.1) is 0 Å². The summed E-state index contributed by atoms with van der Waals surface area (Å²) in [5, 5.41) is 4.01. The molecule has 0 aliphatic carbocycles. The van der Waals surface area contributed by atoms with E-state index < -0.39 is 0 Å². The molecule has 0 unspecified atom stereocenters. The molecule has 0 saturated carbocycles. The maximum Gasteiger partial charge on any atom is 0.277 e. The van der Waals surface area contributed by atoms with Crippen molar-refractivity contribution in [3.63, 3.8) is 0 Å². The van der Waals surface area contributed by atoms with E-state index in [0.29, 0.717) is 5.75 Å². The first-order valence-corrected chi connectivity index (χ1v) is 8.03.